The van der Waals surface area contributed by atoms with Crippen LogP contribution in [0.25, 0.3) is 0 Å². The first-order valence-corrected chi connectivity index (χ1v) is 6.62. The second-order valence-corrected chi connectivity index (χ2v) is 5.16. The Kier molecular flexibility index (Phi) is 5.89. The van der Waals surface area contributed by atoms with Crippen LogP contribution in [-0.2, 0) is 9.59 Å². The minimum Gasteiger partial charge on any atom is -0.481 e. The van der Waals surface area contributed by atoms with Crippen molar-refractivity contribution < 1.29 is 19.8 Å². The van der Waals surface area contributed by atoms with E-state index < -0.39 is 23.1 Å². The highest BCUT2D eigenvalue weighted by molar-refractivity contribution is 7.81. The summed E-state index contributed by atoms with van der Waals surface area (Å²) in [4.78, 5) is 21.8. The van der Waals surface area contributed by atoms with Crippen LogP contribution in [0.1, 0.15) is 31.2 Å². The van der Waals surface area contributed by atoms with E-state index in [0.717, 1.165) is 5.56 Å². The Morgan fingerprint density at radius 1 is 1.21 bits per heavy atom. The Morgan fingerprint density at radius 3 is 2.26 bits per heavy atom. The number of thiol groups is 1. The fourth-order valence-electron chi connectivity index (χ4n) is 2.02. The molecule has 0 spiro atoms. The average Bonchev–Trinajstić information content (AvgIpc) is 2.38. The average molecular weight is 282 g/mol. The molecule has 0 aliphatic rings. The Labute approximate surface area is 117 Å². The summed E-state index contributed by atoms with van der Waals surface area (Å²) in [5, 5.41) is 17.5. The summed E-state index contributed by atoms with van der Waals surface area (Å²) in [6.07, 6.45) is -0.0639. The quantitative estimate of drug-likeness (QED) is 0.672. The standard InChI is InChI=1S/C14H18O4S/c1-9(10-5-3-2-4-6-10)13(19)11(14(17)18)7-8-12(15)16/h2-6,9,11,13,19H,7-8H2,1H3,(H,15,16)(H,17,18). The van der Waals surface area contributed by atoms with Crippen molar-refractivity contribution in [1.29, 1.82) is 0 Å². The first-order chi connectivity index (χ1) is 8.93. The Balaban J connectivity index is 2.78. The fraction of sp³-hybridized carbons (Fsp3) is 0.429. The Bertz CT molecular complexity index is 432. The third kappa shape index (κ3) is 4.59. The number of hydrogen-bond acceptors (Lipinski definition) is 3. The molecule has 2 N–H and O–H groups in total. The van der Waals surface area contributed by atoms with E-state index in [1.807, 2.05) is 37.3 Å². The highest BCUT2D eigenvalue weighted by Gasteiger charge is 2.30. The van der Waals surface area contributed by atoms with Gasteiger partial charge in [0.05, 0.1) is 5.92 Å². The van der Waals surface area contributed by atoms with E-state index in [4.69, 9.17) is 5.11 Å². The van der Waals surface area contributed by atoms with Gasteiger partial charge in [0.1, 0.15) is 0 Å². The Morgan fingerprint density at radius 2 is 1.79 bits per heavy atom. The van der Waals surface area contributed by atoms with Crippen molar-refractivity contribution in [3.05, 3.63) is 35.9 Å². The number of carboxylic acid groups (broad SMARTS) is 2. The molecule has 0 bridgehead atoms. The summed E-state index contributed by atoms with van der Waals surface area (Å²) < 4.78 is 0. The van der Waals surface area contributed by atoms with Gasteiger partial charge < -0.3 is 10.2 Å². The summed E-state index contributed by atoms with van der Waals surface area (Å²) in [7, 11) is 0. The number of carboxylic acids is 2. The minimum atomic E-state index is -0.996. The molecule has 0 aliphatic heterocycles. The van der Waals surface area contributed by atoms with E-state index in [0.29, 0.717) is 0 Å². The maximum atomic E-state index is 11.2. The number of rotatable bonds is 7. The molecule has 104 valence electrons. The van der Waals surface area contributed by atoms with Crippen molar-refractivity contribution in [2.45, 2.75) is 30.9 Å². The van der Waals surface area contributed by atoms with E-state index in [2.05, 4.69) is 12.6 Å². The van der Waals surface area contributed by atoms with Crippen LogP contribution in [0.2, 0.25) is 0 Å². The number of benzene rings is 1. The van der Waals surface area contributed by atoms with Gasteiger partial charge in [0.25, 0.3) is 0 Å². The molecule has 0 aliphatic carbocycles. The van der Waals surface area contributed by atoms with Crippen LogP contribution in [0.5, 0.6) is 0 Å². The fourth-order valence-corrected chi connectivity index (χ4v) is 2.47. The van der Waals surface area contributed by atoms with E-state index in [-0.39, 0.29) is 18.8 Å². The first-order valence-electron chi connectivity index (χ1n) is 6.11. The molecule has 0 amide bonds. The molecular formula is C14H18O4S. The van der Waals surface area contributed by atoms with Crippen molar-refractivity contribution in [2.24, 2.45) is 5.92 Å². The highest BCUT2D eigenvalue weighted by atomic mass is 32.1. The number of carbonyl (C=O) groups is 2. The largest absolute Gasteiger partial charge is 0.481 e. The predicted molar refractivity (Wildman–Crippen MR) is 75.6 cm³/mol. The minimum absolute atomic E-state index is 0.0561. The van der Waals surface area contributed by atoms with Crippen LogP contribution in [0.4, 0.5) is 0 Å². The van der Waals surface area contributed by atoms with Gasteiger partial charge in [-0.3, -0.25) is 9.59 Å². The lowest BCUT2D eigenvalue weighted by molar-refractivity contribution is -0.143. The van der Waals surface area contributed by atoms with Crippen LogP contribution in [-0.4, -0.2) is 27.4 Å². The number of hydrogen-bond donors (Lipinski definition) is 3. The lowest BCUT2D eigenvalue weighted by Gasteiger charge is -2.25. The topological polar surface area (TPSA) is 74.6 Å². The molecule has 4 nitrogen and oxygen atoms in total. The summed E-state index contributed by atoms with van der Waals surface area (Å²) in [5.74, 6) is -2.81. The van der Waals surface area contributed by atoms with Crippen molar-refractivity contribution in [3.63, 3.8) is 0 Å². The van der Waals surface area contributed by atoms with Crippen LogP contribution in [0, 0.1) is 5.92 Å². The van der Waals surface area contributed by atoms with Crippen LogP contribution >= 0.6 is 12.6 Å². The molecule has 0 aromatic heterocycles. The second kappa shape index (κ2) is 7.19. The molecule has 0 saturated heterocycles. The third-order valence-corrected chi connectivity index (χ3v) is 4.04. The van der Waals surface area contributed by atoms with Crippen molar-refractivity contribution in [2.75, 3.05) is 0 Å². The third-order valence-electron chi connectivity index (χ3n) is 3.24. The summed E-state index contributed by atoms with van der Waals surface area (Å²) in [6.45, 7) is 1.91. The summed E-state index contributed by atoms with van der Waals surface area (Å²) >= 11 is 4.40. The summed E-state index contributed by atoms with van der Waals surface area (Å²) in [6, 6.07) is 9.51. The molecule has 3 unspecified atom stereocenters. The maximum Gasteiger partial charge on any atom is 0.307 e. The van der Waals surface area contributed by atoms with Gasteiger partial charge in [0, 0.05) is 11.7 Å². The zero-order valence-electron chi connectivity index (χ0n) is 10.7. The smallest absolute Gasteiger partial charge is 0.307 e. The lowest BCUT2D eigenvalue weighted by atomic mass is 9.87. The molecule has 1 rings (SSSR count). The molecule has 3 atom stereocenters. The molecular weight excluding hydrogens is 264 g/mol. The second-order valence-electron chi connectivity index (χ2n) is 4.57. The van der Waals surface area contributed by atoms with Crippen molar-refractivity contribution in [1.82, 2.24) is 0 Å². The summed E-state index contributed by atoms with van der Waals surface area (Å²) in [5.41, 5.74) is 1.00. The Hall–Kier alpha value is -1.49. The molecule has 1 aromatic carbocycles. The zero-order valence-corrected chi connectivity index (χ0v) is 11.6. The van der Waals surface area contributed by atoms with Crippen LogP contribution in [0.15, 0.2) is 30.3 Å². The van der Waals surface area contributed by atoms with Gasteiger partial charge in [-0.15, -0.1) is 0 Å². The van der Waals surface area contributed by atoms with Crippen molar-refractivity contribution in [3.8, 4) is 0 Å². The first kappa shape index (κ1) is 15.6. The molecule has 0 fully saturated rings. The van der Waals surface area contributed by atoms with Crippen LogP contribution in [0.3, 0.4) is 0 Å². The molecule has 5 heteroatoms. The van der Waals surface area contributed by atoms with Crippen LogP contribution < -0.4 is 0 Å². The van der Waals surface area contributed by atoms with E-state index in [1.165, 1.54) is 0 Å². The SMILES string of the molecule is CC(c1ccccc1)C(S)C(CCC(=O)O)C(=O)O. The van der Waals surface area contributed by atoms with Gasteiger partial charge in [-0.2, -0.15) is 12.6 Å². The molecule has 0 saturated carbocycles. The van der Waals surface area contributed by atoms with Gasteiger partial charge >= 0.3 is 11.9 Å². The highest BCUT2D eigenvalue weighted by Crippen LogP contribution is 2.30. The van der Waals surface area contributed by atoms with E-state index in [1.54, 1.807) is 0 Å². The number of aliphatic carboxylic acids is 2. The van der Waals surface area contributed by atoms with Gasteiger partial charge in [-0.25, -0.2) is 0 Å². The molecule has 0 heterocycles. The molecule has 19 heavy (non-hydrogen) atoms. The monoisotopic (exact) mass is 282 g/mol. The lowest BCUT2D eigenvalue weighted by Crippen LogP contribution is -2.29. The maximum absolute atomic E-state index is 11.2. The molecule has 1 aromatic rings. The van der Waals surface area contributed by atoms with Crippen molar-refractivity contribution >= 4 is 24.6 Å². The normalized spacial score (nSPS) is 15.5. The van der Waals surface area contributed by atoms with Gasteiger partial charge in [0.2, 0.25) is 0 Å². The zero-order chi connectivity index (χ0) is 14.4. The van der Waals surface area contributed by atoms with E-state index >= 15 is 0 Å². The van der Waals surface area contributed by atoms with Gasteiger partial charge in [0.15, 0.2) is 0 Å². The molecule has 0 radical (unpaired) electrons. The van der Waals surface area contributed by atoms with Gasteiger partial charge in [-0.1, -0.05) is 37.3 Å². The van der Waals surface area contributed by atoms with E-state index in [9.17, 15) is 14.7 Å². The van der Waals surface area contributed by atoms with Gasteiger partial charge in [-0.05, 0) is 17.9 Å². The predicted octanol–water partition coefficient (Wildman–Crippen LogP) is 2.65.